The Balaban J connectivity index is 1.86. The summed E-state index contributed by atoms with van der Waals surface area (Å²) in [5, 5.41) is 0. The van der Waals surface area contributed by atoms with Crippen molar-refractivity contribution in [2.24, 2.45) is 0 Å². The topological polar surface area (TPSA) is 30.2 Å². The number of ketones is 1. The lowest BCUT2D eigenvalue weighted by Crippen LogP contribution is -1.87. The molecule has 0 saturated carbocycles. The minimum absolute atomic E-state index is 0.0148. The molecule has 0 bridgehead atoms. The zero-order valence-corrected chi connectivity index (χ0v) is 14.7. The minimum atomic E-state index is 0.0148. The van der Waals surface area contributed by atoms with E-state index in [0.29, 0.717) is 5.76 Å². The highest BCUT2D eigenvalue weighted by atomic mass is 16.3. The lowest BCUT2D eigenvalue weighted by molar-refractivity contribution is 0.0985. The Bertz CT molecular complexity index is 392. The summed E-state index contributed by atoms with van der Waals surface area (Å²) in [5.41, 5.74) is 0. The third-order valence-corrected chi connectivity index (χ3v) is 4.29. The fourth-order valence-corrected chi connectivity index (χ4v) is 2.84. The predicted molar refractivity (Wildman–Crippen MR) is 93.5 cm³/mol. The van der Waals surface area contributed by atoms with Crippen LogP contribution in [0, 0.1) is 0 Å². The Morgan fingerprint density at radius 1 is 0.818 bits per heavy atom. The van der Waals surface area contributed by atoms with Gasteiger partial charge in [0.05, 0.1) is 0 Å². The van der Waals surface area contributed by atoms with Crippen LogP contribution in [0.3, 0.4) is 0 Å². The summed E-state index contributed by atoms with van der Waals surface area (Å²) in [6, 6.07) is 3.73. The molecule has 1 aromatic rings. The second-order valence-electron chi connectivity index (χ2n) is 6.46. The van der Waals surface area contributed by atoms with E-state index in [-0.39, 0.29) is 5.78 Å². The van der Waals surface area contributed by atoms with Gasteiger partial charge in [0.25, 0.3) is 0 Å². The molecule has 0 spiro atoms. The number of furan rings is 1. The molecule has 0 aromatic carbocycles. The Kier molecular flexibility index (Phi) is 10.8. The first kappa shape index (κ1) is 19.0. The maximum atomic E-state index is 11.1. The molecule has 0 saturated heterocycles. The van der Waals surface area contributed by atoms with Crippen LogP contribution in [-0.2, 0) is 6.42 Å². The summed E-state index contributed by atoms with van der Waals surface area (Å²) < 4.78 is 5.50. The Labute approximate surface area is 136 Å². The standard InChI is InChI=1S/C20H34O2/c1-3-4-5-6-7-8-9-10-11-12-13-14-15-19-16-17-20(22-19)18(2)21/h16-17H,3-15H2,1-2H3. The Morgan fingerprint density at radius 2 is 1.32 bits per heavy atom. The van der Waals surface area contributed by atoms with Crippen molar-refractivity contribution in [3.8, 4) is 0 Å². The molecule has 0 atom stereocenters. The zero-order valence-electron chi connectivity index (χ0n) is 14.7. The van der Waals surface area contributed by atoms with E-state index in [0.717, 1.165) is 12.2 Å². The van der Waals surface area contributed by atoms with Crippen LogP contribution in [0.1, 0.15) is 107 Å². The lowest BCUT2D eigenvalue weighted by atomic mass is 10.0. The number of carbonyl (C=O) groups is 1. The van der Waals surface area contributed by atoms with Crippen LogP contribution >= 0.6 is 0 Å². The molecular weight excluding hydrogens is 272 g/mol. The fourth-order valence-electron chi connectivity index (χ4n) is 2.84. The van der Waals surface area contributed by atoms with E-state index >= 15 is 0 Å². The van der Waals surface area contributed by atoms with Gasteiger partial charge in [-0.25, -0.2) is 0 Å². The summed E-state index contributed by atoms with van der Waals surface area (Å²) in [4.78, 5) is 11.1. The molecule has 0 radical (unpaired) electrons. The number of hydrogen-bond donors (Lipinski definition) is 0. The molecule has 0 aliphatic heterocycles. The molecule has 0 fully saturated rings. The first-order chi connectivity index (χ1) is 10.7. The molecule has 22 heavy (non-hydrogen) atoms. The number of hydrogen-bond acceptors (Lipinski definition) is 2. The highest BCUT2D eigenvalue weighted by molar-refractivity contribution is 5.91. The van der Waals surface area contributed by atoms with Crippen molar-refractivity contribution >= 4 is 5.78 Å². The predicted octanol–water partition coefficient (Wildman–Crippen LogP) is 6.73. The molecule has 2 nitrogen and oxygen atoms in total. The van der Waals surface area contributed by atoms with E-state index in [1.165, 1.54) is 77.0 Å². The fraction of sp³-hybridized carbons (Fsp3) is 0.750. The van der Waals surface area contributed by atoms with Crippen molar-refractivity contribution in [1.82, 2.24) is 0 Å². The van der Waals surface area contributed by atoms with E-state index in [9.17, 15) is 4.79 Å². The third-order valence-electron chi connectivity index (χ3n) is 4.29. The van der Waals surface area contributed by atoms with Crippen molar-refractivity contribution in [1.29, 1.82) is 0 Å². The molecule has 2 heteroatoms. The van der Waals surface area contributed by atoms with Gasteiger partial charge in [0, 0.05) is 13.3 Å². The number of carbonyl (C=O) groups excluding carboxylic acids is 1. The van der Waals surface area contributed by atoms with Crippen molar-refractivity contribution in [3.05, 3.63) is 23.7 Å². The molecule has 0 aliphatic rings. The quantitative estimate of drug-likeness (QED) is 0.282. The van der Waals surface area contributed by atoms with Crippen molar-refractivity contribution in [3.63, 3.8) is 0 Å². The number of aryl methyl sites for hydroxylation is 1. The van der Waals surface area contributed by atoms with Crippen LogP contribution in [0.5, 0.6) is 0 Å². The van der Waals surface area contributed by atoms with E-state index in [1.54, 1.807) is 13.0 Å². The molecule has 0 aliphatic carbocycles. The second-order valence-corrected chi connectivity index (χ2v) is 6.46. The van der Waals surface area contributed by atoms with Crippen LogP contribution in [0.15, 0.2) is 16.5 Å². The molecule has 1 heterocycles. The number of Topliss-reactive ketones (excluding diaryl/α,β-unsaturated/α-hetero) is 1. The van der Waals surface area contributed by atoms with Gasteiger partial charge in [0.15, 0.2) is 11.5 Å². The van der Waals surface area contributed by atoms with Crippen molar-refractivity contribution in [2.75, 3.05) is 0 Å². The summed E-state index contributed by atoms with van der Waals surface area (Å²) in [6.07, 6.45) is 17.4. The first-order valence-electron chi connectivity index (χ1n) is 9.33. The number of rotatable bonds is 14. The largest absolute Gasteiger partial charge is 0.458 e. The Morgan fingerprint density at radius 3 is 1.77 bits per heavy atom. The van der Waals surface area contributed by atoms with Crippen molar-refractivity contribution in [2.45, 2.75) is 97.3 Å². The molecule has 0 unspecified atom stereocenters. The van der Waals surface area contributed by atoms with Crippen LogP contribution in [0.4, 0.5) is 0 Å². The summed E-state index contributed by atoms with van der Waals surface area (Å²) in [6.45, 7) is 3.82. The SMILES string of the molecule is CCCCCCCCCCCCCCc1ccc(C(C)=O)o1. The van der Waals surface area contributed by atoms with Gasteiger partial charge in [-0.3, -0.25) is 4.79 Å². The highest BCUT2D eigenvalue weighted by Gasteiger charge is 2.05. The molecule has 1 rings (SSSR count). The molecular formula is C20H34O2. The van der Waals surface area contributed by atoms with E-state index in [4.69, 9.17) is 4.42 Å². The van der Waals surface area contributed by atoms with Crippen LogP contribution in [0.25, 0.3) is 0 Å². The van der Waals surface area contributed by atoms with Gasteiger partial charge in [-0.2, -0.15) is 0 Å². The molecule has 0 N–H and O–H groups in total. The van der Waals surface area contributed by atoms with Gasteiger partial charge in [0.2, 0.25) is 0 Å². The normalized spacial score (nSPS) is 11.0. The summed E-state index contributed by atoms with van der Waals surface area (Å²) in [7, 11) is 0. The van der Waals surface area contributed by atoms with Gasteiger partial charge >= 0.3 is 0 Å². The zero-order chi connectivity index (χ0) is 16.0. The highest BCUT2D eigenvalue weighted by Crippen LogP contribution is 2.15. The van der Waals surface area contributed by atoms with E-state index < -0.39 is 0 Å². The second kappa shape index (κ2) is 12.5. The molecule has 126 valence electrons. The average Bonchev–Trinajstić information content (AvgIpc) is 2.97. The van der Waals surface area contributed by atoms with Gasteiger partial charge in [-0.15, -0.1) is 0 Å². The third kappa shape index (κ3) is 9.07. The lowest BCUT2D eigenvalue weighted by Gasteiger charge is -2.02. The monoisotopic (exact) mass is 306 g/mol. The van der Waals surface area contributed by atoms with Gasteiger partial charge in [0.1, 0.15) is 5.76 Å². The van der Waals surface area contributed by atoms with E-state index in [2.05, 4.69) is 6.92 Å². The van der Waals surface area contributed by atoms with Gasteiger partial charge in [-0.05, 0) is 18.6 Å². The Hall–Kier alpha value is -1.05. The maximum Gasteiger partial charge on any atom is 0.194 e. The molecule has 1 aromatic heterocycles. The van der Waals surface area contributed by atoms with Crippen LogP contribution in [0.2, 0.25) is 0 Å². The summed E-state index contributed by atoms with van der Waals surface area (Å²) >= 11 is 0. The average molecular weight is 306 g/mol. The minimum Gasteiger partial charge on any atom is -0.458 e. The van der Waals surface area contributed by atoms with Crippen LogP contribution < -0.4 is 0 Å². The smallest absolute Gasteiger partial charge is 0.194 e. The maximum absolute atomic E-state index is 11.1. The summed E-state index contributed by atoms with van der Waals surface area (Å²) in [5.74, 6) is 1.46. The first-order valence-corrected chi connectivity index (χ1v) is 9.33. The van der Waals surface area contributed by atoms with Crippen LogP contribution in [-0.4, -0.2) is 5.78 Å². The van der Waals surface area contributed by atoms with Gasteiger partial charge in [-0.1, -0.05) is 77.6 Å². The van der Waals surface area contributed by atoms with Gasteiger partial charge < -0.3 is 4.42 Å². The van der Waals surface area contributed by atoms with Crippen molar-refractivity contribution < 1.29 is 9.21 Å². The van der Waals surface area contributed by atoms with E-state index in [1.807, 2.05) is 6.07 Å². The number of unbranched alkanes of at least 4 members (excludes halogenated alkanes) is 11. The molecule has 0 amide bonds.